The number of allylic oxidation sites excluding steroid dienone is 3. The molecule has 0 atom stereocenters. The smallest absolute Gasteiger partial charge is 0.119 e. The molecule has 0 bridgehead atoms. The molecular weight excluding hydrogens is 220 g/mol. The number of benzene rings is 2. The molecule has 18 heavy (non-hydrogen) atoms. The van der Waals surface area contributed by atoms with Gasteiger partial charge in [-0.2, -0.15) is 0 Å². The van der Waals surface area contributed by atoms with E-state index in [1.807, 2.05) is 36.4 Å². The van der Waals surface area contributed by atoms with Crippen LogP contribution in [-0.4, -0.2) is 5.11 Å². The molecule has 0 spiro atoms. The molecule has 0 fully saturated rings. The van der Waals surface area contributed by atoms with E-state index in [0.717, 1.165) is 17.6 Å². The molecule has 2 aromatic rings. The van der Waals surface area contributed by atoms with Gasteiger partial charge in [-0.1, -0.05) is 54.6 Å². The molecule has 0 heterocycles. The zero-order valence-electron chi connectivity index (χ0n) is 10.0. The largest absolute Gasteiger partial charge is 0.508 e. The molecule has 0 unspecified atom stereocenters. The summed E-state index contributed by atoms with van der Waals surface area (Å²) in [5.74, 6) is 0.389. The summed E-state index contributed by atoms with van der Waals surface area (Å²) >= 11 is 0. The Balaban J connectivity index is 2.03. The Labute approximate surface area is 107 Å². The number of aliphatic hydroxyl groups is 1. The Kier molecular flexibility index (Phi) is 2.73. The van der Waals surface area contributed by atoms with E-state index < -0.39 is 0 Å². The fraction of sp³-hybridized carbons (Fsp3) is 0.0588. The van der Waals surface area contributed by atoms with Gasteiger partial charge >= 0.3 is 0 Å². The molecule has 1 N–H and O–H groups in total. The molecule has 1 aliphatic rings. The van der Waals surface area contributed by atoms with Crippen LogP contribution in [0.25, 0.3) is 16.7 Å². The SMILES string of the molecule is OC1=C(c2cccc(-c3ccccc3)c2)CC=C1. The van der Waals surface area contributed by atoms with Crippen molar-refractivity contribution in [1.82, 2.24) is 0 Å². The van der Waals surface area contributed by atoms with Gasteiger partial charge < -0.3 is 5.11 Å². The van der Waals surface area contributed by atoms with Crippen LogP contribution in [-0.2, 0) is 0 Å². The fourth-order valence-electron chi connectivity index (χ4n) is 2.28. The summed E-state index contributed by atoms with van der Waals surface area (Å²) in [5, 5.41) is 9.80. The highest BCUT2D eigenvalue weighted by Crippen LogP contribution is 2.30. The summed E-state index contributed by atoms with van der Waals surface area (Å²) in [4.78, 5) is 0. The molecule has 1 heteroatoms. The lowest BCUT2D eigenvalue weighted by Crippen LogP contribution is -1.86. The summed E-state index contributed by atoms with van der Waals surface area (Å²) in [5.41, 5.74) is 4.48. The highest BCUT2D eigenvalue weighted by molar-refractivity contribution is 5.76. The lowest BCUT2D eigenvalue weighted by Gasteiger charge is -2.07. The van der Waals surface area contributed by atoms with Crippen LogP contribution < -0.4 is 0 Å². The minimum atomic E-state index is 0.389. The molecule has 3 rings (SSSR count). The maximum absolute atomic E-state index is 9.80. The zero-order valence-corrected chi connectivity index (χ0v) is 10.0. The zero-order chi connectivity index (χ0) is 12.4. The Bertz CT molecular complexity index is 621. The van der Waals surface area contributed by atoms with E-state index in [2.05, 4.69) is 24.3 Å². The van der Waals surface area contributed by atoms with Crippen molar-refractivity contribution < 1.29 is 5.11 Å². The first-order valence-electron chi connectivity index (χ1n) is 6.09. The number of rotatable bonds is 2. The normalized spacial score (nSPS) is 14.2. The molecule has 0 amide bonds. The van der Waals surface area contributed by atoms with Crippen LogP contribution in [0, 0.1) is 0 Å². The quantitative estimate of drug-likeness (QED) is 0.806. The van der Waals surface area contributed by atoms with E-state index >= 15 is 0 Å². The minimum absolute atomic E-state index is 0.389. The summed E-state index contributed by atoms with van der Waals surface area (Å²) < 4.78 is 0. The minimum Gasteiger partial charge on any atom is -0.508 e. The van der Waals surface area contributed by atoms with Crippen molar-refractivity contribution in [2.24, 2.45) is 0 Å². The van der Waals surface area contributed by atoms with Gasteiger partial charge in [-0.15, -0.1) is 0 Å². The highest BCUT2D eigenvalue weighted by Gasteiger charge is 2.10. The first kappa shape index (κ1) is 10.8. The van der Waals surface area contributed by atoms with Crippen LogP contribution >= 0.6 is 0 Å². The second-order valence-corrected chi connectivity index (χ2v) is 4.42. The van der Waals surface area contributed by atoms with Crippen molar-refractivity contribution in [3.05, 3.63) is 78.1 Å². The lowest BCUT2D eigenvalue weighted by atomic mass is 9.98. The number of hydrogen-bond acceptors (Lipinski definition) is 1. The average molecular weight is 234 g/mol. The first-order chi connectivity index (χ1) is 8.84. The topological polar surface area (TPSA) is 20.2 Å². The molecule has 0 radical (unpaired) electrons. The van der Waals surface area contributed by atoms with Gasteiger partial charge in [0.25, 0.3) is 0 Å². The maximum atomic E-state index is 9.80. The van der Waals surface area contributed by atoms with Crippen LogP contribution in [0.2, 0.25) is 0 Å². The van der Waals surface area contributed by atoms with E-state index in [9.17, 15) is 5.11 Å². The van der Waals surface area contributed by atoms with Gasteiger partial charge in [0.15, 0.2) is 0 Å². The molecule has 1 aliphatic carbocycles. The van der Waals surface area contributed by atoms with E-state index in [1.165, 1.54) is 11.1 Å². The number of aliphatic hydroxyl groups excluding tert-OH is 1. The third-order valence-electron chi connectivity index (χ3n) is 3.23. The van der Waals surface area contributed by atoms with E-state index in [0.29, 0.717) is 5.76 Å². The van der Waals surface area contributed by atoms with Gasteiger partial charge in [0, 0.05) is 5.57 Å². The van der Waals surface area contributed by atoms with Crippen molar-refractivity contribution >= 4 is 5.57 Å². The fourth-order valence-corrected chi connectivity index (χ4v) is 2.28. The van der Waals surface area contributed by atoms with Gasteiger partial charge in [-0.3, -0.25) is 0 Å². The standard InChI is InChI=1S/C17H14O/c18-17-11-5-10-16(17)15-9-4-8-14(12-15)13-6-2-1-3-7-13/h1-9,11-12,18H,10H2. The molecule has 0 saturated carbocycles. The second kappa shape index (κ2) is 4.53. The van der Waals surface area contributed by atoms with E-state index in [4.69, 9.17) is 0 Å². The maximum Gasteiger partial charge on any atom is 0.119 e. The molecule has 2 aromatic carbocycles. The van der Waals surface area contributed by atoms with Gasteiger partial charge in [-0.25, -0.2) is 0 Å². The number of hydrogen-bond donors (Lipinski definition) is 1. The van der Waals surface area contributed by atoms with Gasteiger partial charge in [-0.05, 0) is 35.3 Å². The molecule has 88 valence electrons. The van der Waals surface area contributed by atoms with Gasteiger partial charge in [0.05, 0.1) is 0 Å². The predicted molar refractivity (Wildman–Crippen MR) is 75.2 cm³/mol. The molecular formula is C17H14O. The van der Waals surface area contributed by atoms with E-state index in [-0.39, 0.29) is 0 Å². The van der Waals surface area contributed by atoms with Crippen LogP contribution in [0.4, 0.5) is 0 Å². The second-order valence-electron chi connectivity index (χ2n) is 4.42. The van der Waals surface area contributed by atoms with Crippen molar-refractivity contribution in [3.8, 4) is 11.1 Å². The Morgan fingerprint density at radius 2 is 1.50 bits per heavy atom. The summed E-state index contributed by atoms with van der Waals surface area (Å²) in [6.45, 7) is 0. The average Bonchev–Trinajstić information content (AvgIpc) is 2.86. The van der Waals surface area contributed by atoms with Crippen molar-refractivity contribution in [3.63, 3.8) is 0 Å². The third kappa shape index (κ3) is 1.95. The summed E-state index contributed by atoms with van der Waals surface area (Å²) in [7, 11) is 0. The predicted octanol–water partition coefficient (Wildman–Crippen LogP) is 4.58. The van der Waals surface area contributed by atoms with Crippen LogP contribution in [0.15, 0.2) is 72.5 Å². The van der Waals surface area contributed by atoms with E-state index in [1.54, 1.807) is 6.08 Å². The van der Waals surface area contributed by atoms with Crippen molar-refractivity contribution in [1.29, 1.82) is 0 Å². The molecule has 0 aromatic heterocycles. The first-order valence-corrected chi connectivity index (χ1v) is 6.09. The third-order valence-corrected chi connectivity index (χ3v) is 3.23. The molecule has 1 nitrogen and oxygen atoms in total. The Hall–Kier alpha value is -2.28. The van der Waals surface area contributed by atoms with Crippen molar-refractivity contribution in [2.75, 3.05) is 0 Å². The van der Waals surface area contributed by atoms with Crippen LogP contribution in [0.3, 0.4) is 0 Å². The molecule has 0 aliphatic heterocycles. The van der Waals surface area contributed by atoms with Crippen LogP contribution in [0.5, 0.6) is 0 Å². The van der Waals surface area contributed by atoms with Crippen molar-refractivity contribution in [2.45, 2.75) is 6.42 Å². The molecule has 0 saturated heterocycles. The van der Waals surface area contributed by atoms with Gasteiger partial charge in [0.2, 0.25) is 0 Å². The Morgan fingerprint density at radius 1 is 0.778 bits per heavy atom. The monoisotopic (exact) mass is 234 g/mol. The Morgan fingerprint density at radius 3 is 2.22 bits per heavy atom. The summed E-state index contributed by atoms with van der Waals surface area (Å²) in [6, 6.07) is 18.6. The van der Waals surface area contributed by atoms with Crippen LogP contribution in [0.1, 0.15) is 12.0 Å². The highest BCUT2D eigenvalue weighted by atomic mass is 16.3. The lowest BCUT2D eigenvalue weighted by molar-refractivity contribution is 0.436. The van der Waals surface area contributed by atoms with Gasteiger partial charge in [0.1, 0.15) is 5.76 Å². The summed E-state index contributed by atoms with van der Waals surface area (Å²) in [6.07, 6.45) is 4.56.